The van der Waals surface area contributed by atoms with E-state index in [1.54, 1.807) is 26.0 Å². The van der Waals surface area contributed by atoms with Crippen molar-refractivity contribution in [3.63, 3.8) is 0 Å². The molecule has 1 heterocycles. The van der Waals surface area contributed by atoms with Crippen LogP contribution in [0.4, 0.5) is 23.4 Å². The van der Waals surface area contributed by atoms with Crippen LogP contribution >= 0.6 is 0 Å². The zero-order valence-corrected chi connectivity index (χ0v) is 16.6. The lowest BCUT2D eigenvalue weighted by Gasteiger charge is -2.13. The second-order valence-corrected chi connectivity index (χ2v) is 8.10. The van der Waals surface area contributed by atoms with E-state index in [4.69, 9.17) is 0 Å². The van der Waals surface area contributed by atoms with Crippen molar-refractivity contribution in [3.8, 4) is 16.9 Å². The van der Waals surface area contributed by atoms with Gasteiger partial charge in [-0.1, -0.05) is 6.07 Å². The van der Waals surface area contributed by atoms with Crippen LogP contribution < -0.4 is 9.46 Å². The number of anilines is 1. The number of ether oxygens (including phenoxy) is 1. The molecule has 3 aromatic rings. The molecular formula is C20H16F4N2O3S. The Balaban J connectivity index is 1.82. The van der Waals surface area contributed by atoms with Gasteiger partial charge in [-0.2, -0.15) is 0 Å². The number of nitrogens with one attached hydrogen (secondary N) is 1. The average Bonchev–Trinajstić information content (AvgIpc) is 2.61. The van der Waals surface area contributed by atoms with Crippen LogP contribution in [0, 0.1) is 19.7 Å². The molecule has 0 aliphatic heterocycles. The van der Waals surface area contributed by atoms with Gasteiger partial charge in [0.1, 0.15) is 17.4 Å². The van der Waals surface area contributed by atoms with Crippen molar-refractivity contribution >= 4 is 15.8 Å². The Morgan fingerprint density at radius 2 is 1.57 bits per heavy atom. The predicted molar refractivity (Wildman–Crippen MR) is 103 cm³/mol. The second kappa shape index (κ2) is 7.94. The van der Waals surface area contributed by atoms with E-state index in [9.17, 15) is 26.0 Å². The lowest BCUT2D eigenvalue weighted by molar-refractivity contribution is -0.274. The quantitative estimate of drug-likeness (QED) is 0.554. The second-order valence-electron chi connectivity index (χ2n) is 6.41. The van der Waals surface area contributed by atoms with Crippen LogP contribution in [0.5, 0.6) is 5.75 Å². The zero-order valence-electron chi connectivity index (χ0n) is 15.8. The van der Waals surface area contributed by atoms with Crippen molar-refractivity contribution < 1.29 is 30.7 Å². The van der Waals surface area contributed by atoms with E-state index < -0.39 is 22.1 Å². The monoisotopic (exact) mass is 440 g/mol. The normalized spacial score (nSPS) is 11.9. The molecule has 0 unspecified atom stereocenters. The topological polar surface area (TPSA) is 68.3 Å². The van der Waals surface area contributed by atoms with Crippen LogP contribution in [0.3, 0.4) is 0 Å². The third-order valence-corrected chi connectivity index (χ3v) is 5.54. The van der Waals surface area contributed by atoms with Gasteiger partial charge in [-0.15, -0.1) is 13.2 Å². The zero-order chi connectivity index (χ0) is 22.1. The Morgan fingerprint density at radius 1 is 0.933 bits per heavy atom. The van der Waals surface area contributed by atoms with E-state index in [2.05, 4.69) is 14.4 Å². The minimum atomic E-state index is -4.87. The van der Waals surface area contributed by atoms with Gasteiger partial charge >= 0.3 is 6.36 Å². The van der Waals surface area contributed by atoms with Crippen molar-refractivity contribution in [1.82, 2.24) is 4.98 Å². The molecule has 30 heavy (non-hydrogen) atoms. The summed E-state index contributed by atoms with van der Waals surface area (Å²) < 4.78 is 81.0. The number of pyridine rings is 1. The molecule has 0 amide bonds. The smallest absolute Gasteiger partial charge is 0.406 e. The number of hydrogen-bond acceptors (Lipinski definition) is 4. The molecule has 0 aliphatic carbocycles. The number of rotatable bonds is 5. The predicted octanol–water partition coefficient (Wildman–Crippen LogP) is 5.20. The Hall–Kier alpha value is -3.14. The summed E-state index contributed by atoms with van der Waals surface area (Å²) in [6.45, 7) is 3.43. The number of aryl methyl sites for hydroxylation is 2. The maximum atomic E-state index is 13.3. The van der Waals surface area contributed by atoms with Gasteiger partial charge in [0.15, 0.2) is 0 Å². The lowest BCUT2D eigenvalue weighted by atomic mass is 9.99. The lowest BCUT2D eigenvalue weighted by Crippen LogP contribution is -2.17. The molecule has 158 valence electrons. The highest BCUT2D eigenvalue weighted by Crippen LogP contribution is 2.28. The third kappa shape index (κ3) is 5.07. The highest BCUT2D eigenvalue weighted by Gasteiger charge is 2.31. The van der Waals surface area contributed by atoms with Gasteiger partial charge in [0.25, 0.3) is 10.0 Å². The van der Waals surface area contributed by atoms with Gasteiger partial charge in [0, 0.05) is 11.3 Å². The molecule has 0 saturated carbocycles. The first kappa shape index (κ1) is 21.6. The van der Waals surface area contributed by atoms with E-state index in [1.165, 1.54) is 18.2 Å². The number of benzene rings is 2. The van der Waals surface area contributed by atoms with Crippen molar-refractivity contribution in [2.24, 2.45) is 0 Å². The van der Waals surface area contributed by atoms with E-state index >= 15 is 0 Å². The summed E-state index contributed by atoms with van der Waals surface area (Å²) in [6.07, 6.45) is -4.87. The molecule has 0 saturated heterocycles. The average molecular weight is 440 g/mol. The summed E-state index contributed by atoms with van der Waals surface area (Å²) in [5.74, 6) is -0.862. The maximum absolute atomic E-state index is 13.3. The highest BCUT2D eigenvalue weighted by molar-refractivity contribution is 7.92. The van der Waals surface area contributed by atoms with Gasteiger partial charge in [0.05, 0.1) is 4.90 Å². The Bertz CT molecular complexity index is 1180. The first-order valence-electron chi connectivity index (χ1n) is 8.57. The molecule has 0 spiro atoms. The Kier molecular flexibility index (Phi) is 5.71. The van der Waals surface area contributed by atoms with Crippen LogP contribution in [0.2, 0.25) is 0 Å². The van der Waals surface area contributed by atoms with E-state index in [0.29, 0.717) is 16.8 Å². The van der Waals surface area contributed by atoms with E-state index in [0.717, 1.165) is 29.8 Å². The molecule has 3 rings (SSSR count). The summed E-state index contributed by atoms with van der Waals surface area (Å²) in [5.41, 5.74) is 2.69. The number of alkyl halides is 3. The fourth-order valence-corrected chi connectivity index (χ4v) is 3.85. The number of nitrogens with zero attached hydrogens (tertiary/aromatic N) is 1. The number of sulfonamides is 1. The number of hydrogen-bond donors (Lipinski definition) is 1. The van der Waals surface area contributed by atoms with Gasteiger partial charge in [-0.05, 0) is 73.5 Å². The maximum Gasteiger partial charge on any atom is 0.573 e. The van der Waals surface area contributed by atoms with Crippen molar-refractivity contribution in [2.45, 2.75) is 25.1 Å². The summed E-state index contributed by atoms with van der Waals surface area (Å²) in [5, 5.41) is 0. The first-order chi connectivity index (χ1) is 13.9. The van der Waals surface area contributed by atoms with Crippen LogP contribution in [-0.4, -0.2) is 19.8 Å². The van der Waals surface area contributed by atoms with Gasteiger partial charge in [0.2, 0.25) is 0 Å². The number of aromatic nitrogens is 1. The summed E-state index contributed by atoms with van der Waals surface area (Å²) in [6, 6.07) is 11.2. The van der Waals surface area contributed by atoms with Crippen LogP contribution in [0.25, 0.3) is 11.1 Å². The summed E-state index contributed by atoms with van der Waals surface area (Å²) in [4.78, 5) is 3.98. The SMILES string of the molecule is Cc1cc(F)ccc1-c1ccc(NS(=O)(=O)c2ccc(OC(F)(F)F)cc2)nc1C. The van der Waals surface area contributed by atoms with Crippen LogP contribution in [-0.2, 0) is 10.0 Å². The molecule has 0 aliphatic rings. The molecule has 0 fully saturated rings. The fourth-order valence-electron chi connectivity index (χ4n) is 2.85. The first-order valence-corrected chi connectivity index (χ1v) is 10.1. The van der Waals surface area contributed by atoms with Gasteiger partial charge in [-0.25, -0.2) is 17.8 Å². The third-order valence-electron chi connectivity index (χ3n) is 4.17. The summed E-state index contributed by atoms with van der Waals surface area (Å²) in [7, 11) is -4.08. The molecular weight excluding hydrogens is 424 g/mol. The summed E-state index contributed by atoms with van der Waals surface area (Å²) >= 11 is 0. The highest BCUT2D eigenvalue weighted by atomic mass is 32.2. The molecule has 1 N–H and O–H groups in total. The minimum Gasteiger partial charge on any atom is -0.406 e. The Morgan fingerprint density at radius 3 is 2.13 bits per heavy atom. The largest absolute Gasteiger partial charge is 0.573 e. The van der Waals surface area contributed by atoms with Crippen molar-refractivity contribution in [1.29, 1.82) is 0 Å². The fraction of sp³-hybridized carbons (Fsp3) is 0.150. The molecule has 10 heteroatoms. The van der Waals surface area contributed by atoms with E-state index in [1.807, 2.05) is 0 Å². The molecule has 0 bridgehead atoms. The van der Waals surface area contributed by atoms with Crippen LogP contribution in [0.15, 0.2) is 59.5 Å². The van der Waals surface area contributed by atoms with Crippen molar-refractivity contribution in [3.05, 3.63) is 71.7 Å². The molecule has 0 radical (unpaired) electrons. The molecule has 2 aromatic carbocycles. The van der Waals surface area contributed by atoms with Crippen molar-refractivity contribution in [2.75, 3.05) is 4.72 Å². The Labute approximate surface area is 170 Å². The molecule has 5 nitrogen and oxygen atoms in total. The standard InChI is InChI=1S/C20H16F4N2O3S/c1-12-11-14(21)3-8-17(12)18-9-10-19(25-13(18)2)26-30(27,28)16-6-4-15(5-7-16)29-20(22,23)24/h3-11H,1-2H3,(H,25,26). The van der Waals surface area contributed by atoms with E-state index in [-0.39, 0.29) is 16.5 Å². The van der Waals surface area contributed by atoms with Crippen LogP contribution in [0.1, 0.15) is 11.3 Å². The van der Waals surface area contributed by atoms with Gasteiger partial charge in [-0.3, -0.25) is 4.72 Å². The molecule has 1 aromatic heterocycles. The minimum absolute atomic E-state index is 0.0339. The number of halogens is 4. The van der Waals surface area contributed by atoms with Gasteiger partial charge < -0.3 is 4.74 Å². The molecule has 0 atom stereocenters.